The number of rotatable bonds is 9. The van der Waals surface area contributed by atoms with Crippen molar-refractivity contribution in [3.8, 4) is 23.1 Å². The smallest absolute Gasteiger partial charge is 0.231 e. The summed E-state index contributed by atoms with van der Waals surface area (Å²) in [5.74, 6) is 1.90. The molecule has 2 amide bonds. The number of nitrogens with zero attached hydrogens (tertiary/aromatic N) is 3. The van der Waals surface area contributed by atoms with Gasteiger partial charge in [-0.2, -0.15) is 0 Å². The van der Waals surface area contributed by atoms with E-state index in [9.17, 15) is 9.59 Å². The molecule has 0 bridgehead atoms. The summed E-state index contributed by atoms with van der Waals surface area (Å²) < 4.78 is 17.7. The lowest BCUT2D eigenvalue weighted by Crippen LogP contribution is -2.24. The van der Waals surface area contributed by atoms with E-state index in [0.717, 1.165) is 5.56 Å². The Morgan fingerprint density at radius 3 is 2.87 bits per heavy atom. The molecule has 1 aromatic carbocycles. The van der Waals surface area contributed by atoms with Crippen molar-refractivity contribution in [2.24, 2.45) is 5.73 Å². The molecule has 0 saturated heterocycles. The predicted molar refractivity (Wildman–Crippen MR) is 107 cm³/mol. The maximum Gasteiger partial charge on any atom is 0.231 e. The Morgan fingerprint density at radius 1 is 1.20 bits per heavy atom. The maximum absolute atomic E-state index is 12.3. The van der Waals surface area contributed by atoms with Crippen molar-refractivity contribution in [1.29, 1.82) is 0 Å². The first-order chi connectivity index (χ1) is 14.6. The number of amides is 2. The molecular formula is C19H19N5O5S. The van der Waals surface area contributed by atoms with E-state index in [-0.39, 0.29) is 24.9 Å². The number of carbonyl (C=O) groups excluding carboxylic acids is 2. The van der Waals surface area contributed by atoms with Crippen LogP contribution in [-0.4, -0.2) is 39.1 Å². The minimum absolute atomic E-state index is 0.121. The number of ether oxygens (including phenoxy) is 2. The Hall–Kier alpha value is -3.47. The van der Waals surface area contributed by atoms with Crippen molar-refractivity contribution in [1.82, 2.24) is 20.1 Å². The first-order valence-corrected chi connectivity index (χ1v) is 10.1. The summed E-state index contributed by atoms with van der Waals surface area (Å²) in [6.45, 7) is 0.861. The molecule has 1 aliphatic rings. The minimum Gasteiger partial charge on any atom is -0.461 e. The van der Waals surface area contributed by atoms with E-state index in [1.807, 2.05) is 18.2 Å². The number of aromatic nitrogens is 3. The van der Waals surface area contributed by atoms with Gasteiger partial charge >= 0.3 is 0 Å². The van der Waals surface area contributed by atoms with Crippen LogP contribution in [0.15, 0.2) is 46.2 Å². The van der Waals surface area contributed by atoms with Gasteiger partial charge in [0.2, 0.25) is 18.6 Å². The predicted octanol–water partition coefficient (Wildman–Crippen LogP) is 1.55. The molecule has 0 aliphatic carbocycles. The Balaban J connectivity index is 1.36. The van der Waals surface area contributed by atoms with Gasteiger partial charge in [-0.1, -0.05) is 17.8 Å². The number of fused-ring (bicyclic) bond motifs is 1. The number of benzene rings is 1. The quantitative estimate of drug-likeness (QED) is 0.489. The van der Waals surface area contributed by atoms with Crippen LogP contribution in [0.3, 0.4) is 0 Å². The number of hydrogen-bond acceptors (Lipinski definition) is 8. The molecule has 0 atom stereocenters. The Kier molecular flexibility index (Phi) is 5.89. The van der Waals surface area contributed by atoms with Crippen LogP contribution in [0, 0.1) is 0 Å². The number of nitrogens with one attached hydrogen (secondary N) is 1. The molecule has 2 aromatic heterocycles. The Morgan fingerprint density at radius 2 is 2.07 bits per heavy atom. The van der Waals surface area contributed by atoms with Crippen LogP contribution in [0.25, 0.3) is 11.6 Å². The first-order valence-electron chi connectivity index (χ1n) is 9.13. The summed E-state index contributed by atoms with van der Waals surface area (Å²) in [4.78, 5) is 23.5. The number of hydrogen-bond donors (Lipinski definition) is 2. The highest BCUT2D eigenvalue weighted by Gasteiger charge is 2.18. The SMILES string of the molecule is NC(=O)CCn1c(SCC(=O)NCc2ccc3c(c2)OCO3)nnc1-c1ccco1. The van der Waals surface area contributed by atoms with E-state index in [4.69, 9.17) is 19.6 Å². The van der Waals surface area contributed by atoms with Crippen LogP contribution in [0.2, 0.25) is 0 Å². The Labute approximate surface area is 175 Å². The third-order valence-electron chi connectivity index (χ3n) is 4.30. The van der Waals surface area contributed by atoms with Gasteiger partial charge in [0.05, 0.1) is 12.0 Å². The first kappa shape index (κ1) is 19.8. The number of furan rings is 1. The van der Waals surface area contributed by atoms with E-state index in [0.29, 0.717) is 41.3 Å². The van der Waals surface area contributed by atoms with Crippen molar-refractivity contribution in [3.63, 3.8) is 0 Å². The second-order valence-corrected chi connectivity index (χ2v) is 7.35. The lowest BCUT2D eigenvalue weighted by atomic mass is 10.2. The highest BCUT2D eigenvalue weighted by atomic mass is 32.2. The number of thioether (sulfide) groups is 1. The molecule has 1 aliphatic heterocycles. The van der Waals surface area contributed by atoms with Gasteiger partial charge in [0.1, 0.15) is 0 Å². The molecule has 156 valence electrons. The summed E-state index contributed by atoms with van der Waals surface area (Å²) in [5, 5.41) is 11.6. The lowest BCUT2D eigenvalue weighted by molar-refractivity contribution is -0.119. The standard InChI is InChI=1S/C19H19N5O5S/c20-16(25)5-6-24-18(14-2-1-7-27-14)22-23-19(24)30-10-17(26)21-9-12-3-4-13-15(8-12)29-11-28-13/h1-4,7-8H,5-6,9-11H2,(H2,20,25)(H,21,26). The fourth-order valence-corrected chi connectivity index (χ4v) is 3.63. The van der Waals surface area contributed by atoms with Gasteiger partial charge in [0.15, 0.2) is 28.2 Å². The monoisotopic (exact) mass is 429 g/mol. The summed E-state index contributed by atoms with van der Waals surface area (Å²) in [6.07, 6.45) is 1.65. The zero-order chi connectivity index (χ0) is 20.9. The van der Waals surface area contributed by atoms with Crippen LogP contribution < -0.4 is 20.5 Å². The van der Waals surface area contributed by atoms with Crippen molar-refractivity contribution < 1.29 is 23.5 Å². The van der Waals surface area contributed by atoms with Gasteiger partial charge < -0.3 is 24.9 Å². The van der Waals surface area contributed by atoms with E-state index < -0.39 is 5.91 Å². The van der Waals surface area contributed by atoms with E-state index in [1.165, 1.54) is 18.0 Å². The molecule has 0 fully saturated rings. The normalized spacial score (nSPS) is 12.1. The molecular weight excluding hydrogens is 410 g/mol. The molecule has 30 heavy (non-hydrogen) atoms. The molecule has 3 aromatic rings. The molecule has 0 spiro atoms. The van der Waals surface area contributed by atoms with Gasteiger partial charge in [-0.05, 0) is 29.8 Å². The zero-order valence-electron chi connectivity index (χ0n) is 15.9. The van der Waals surface area contributed by atoms with Gasteiger partial charge in [-0.15, -0.1) is 10.2 Å². The lowest BCUT2D eigenvalue weighted by Gasteiger charge is -2.08. The minimum atomic E-state index is -0.438. The summed E-state index contributed by atoms with van der Waals surface area (Å²) in [7, 11) is 0. The van der Waals surface area contributed by atoms with Crippen LogP contribution >= 0.6 is 11.8 Å². The summed E-state index contributed by atoms with van der Waals surface area (Å²) in [5.41, 5.74) is 6.18. The zero-order valence-corrected chi connectivity index (χ0v) is 16.7. The fourth-order valence-electron chi connectivity index (χ4n) is 2.84. The van der Waals surface area contributed by atoms with Gasteiger partial charge in [-0.3, -0.25) is 14.2 Å². The van der Waals surface area contributed by atoms with Crippen LogP contribution in [-0.2, 0) is 22.7 Å². The van der Waals surface area contributed by atoms with Crippen molar-refractivity contribution in [3.05, 3.63) is 42.2 Å². The van der Waals surface area contributed by atoms with Gasteiger partial charge in [0.25, 0.3) is 0 Å². The second-order valence-electron chi connectivity index (χ2n) is 6.40. The number of carbonyl (C=O) groups is 2. The molecule has 0 saturated carbocycles. The number of primary amides is 1. The van der Waals surface area contributed by atoms with Gasteiger partial charge in [0, 0.05) is 19.5 Å². The van der Waals surface area contributed by atoms with E-state index in [1.54, 1.807) is 16.7 Å². The number of nitrogens with two attached hydrogens (primary N) is 1. The molecule has 3 N–H and O–H groups in total. The third-order valence-corrected chi connectivity index (χ3v) is 5.27. The highest BCUT2D eigenvalue weighted by Crippen LogP contribution is 2.32. The van der Waals surface area contributed by atoms with E-state index >= 15 is 0 Å². The molecule has 3 heterocycles. The third kappa shape index (κ3) is 4.57. The van der Waals surface area contributed by atoms with Crippen molar-refractivity contribution in [2.45, 2.75) is 24.7 Å². The largest absolute Gasteiger partial charge is 0.461 e. The topological polar surface area (TPSA) is 134 Å². The van der Waals surface area contributed by atoms with Gasteiger partial charge in [-0.25, -0.2) is 0 Å². The van der Waals surface area contributed by atoms with E-state index in [2.05, 4.69) is 15.5 Å². The average molecular weight is 429 g/mol. The van der Waals surface area contributed by atoms with Crippen LogP contribution in [0.5, 0.6) is 11.5 Å². The molecule has 4 rings (SSSR count). The van der Waals surface area contributed by atoms with Crippen molar-refractivity contribution >= 4 is 23.6 Å². The molecule has 11 heteroatoms. The molecule has 10 nitrogen and oxygen atoms in total. The van der Waals surface area contributed by atoms with Crippen LogP contribution in [0.1, 0.15) is 12.0 Å². The Bertz CT molecular complexity index is 1050. The highest BCUT2D eigenvalue weighted by molar-refractivity contribution is 7.99. The van der Waals surface area contributed by atoms with Crippen LogP contribution in [0.4, 0.5) is 0 Å². The molecule has 0 radical (unpaired) electrons. The average Bonchev–Trinajstić information content (AvgIpc) is 3.48. The fraction of sp³-hybridized carbons (Fsp3) is 0.263. The summed E-state index contributed by atoms with van der Waals surface area (Å²) in [6, 6.07) is 9.01. The summed E-state index contributed by atoms with van der Waals surface area (Å²) >= 11 is 1.22. The second kappa shape index (κ2) is 8.91. The molecule has 0 unspecified atom stereocenters. The maximum atomic E-state index is 12.3. The van der Waals surface area contributed by atoms with Crippen molar-refractivity contribution in [2.75, 3.05) is 12.5 Å².